The molecule has 2 amide bonds. The molecule has 1 fully saturated rings. The topological polar surface area (TPSA) is 63.4 Å². The molecule has 1 aromatic rings. The van der Waals surface area contributed by atoms with Crippen LogP contribution in [0.15, 0.2) is 17.5 Å². The molecule has 0 radical (unpaired) electrons. The zero-order valence-corrected chi connectivity index (χ0v) is 12.0. The van der Waals surface area contributed by atoms with E-state index in [0.29, 0.717) is 19.3 Å². The van der Waals surface area contributed by atoms with Crippen molar-refractivity contribution in [1.29, 1.82) is 0 Å². The van der Waals surface area contributed by atoms with Gasteiger partial charge in [-0.05, 0) is 30.7 Å². The average molecular weight is 280 g/mol. The summed E-state index contributed by atoms with van der Waals surface area (Å²) in [6, 6.07) is 4.01. The number of amides is 2. The highest BCUT2D eigenvalue weighted by Crippen LogP contribution is 2.34. The lowest BCUT2D eigenvalue weighted by atomic mass is 9.94. The van der Waals surface area contributed by atoms with Crippen LogP contribution in [0.2, 0.25) is 0 Å². The summed E-state index contributed by atoms with van der Waals surface area (Å²) in [6.07, 6.45) is 4.49. The highest BCUT2D eigenvalue weighted by molar-refractivity contribution is 7.09. The van der Waals surface area contributed by atoms with E-state index in [0.717, 1.165) is 19.3 Å². The van der Waals surface area contributed by atoms with Crippen molar-refractivity contribution >= 4 is 23.2 Å². The van der Waals surface area contributed by atoms with Crippen LogP contribution in [0.5, 0.6) is 0 Å². The normalized spacial score (nSPS) is 17.3. The standard InChI is InChI=1S/C14H20N2O2S/c1-16(14(13(15)18)8-2-3-9-14)12(17)7-6-11-5-4-10-19-11/h4-5,10H,2-3,6-9H2,1H3,(H2,15,18). The molecule has 104 valence electrons. The fraction of sp³-hybridized carbons (Fsp3) is 0.571. The van der Waals surface area contributed by atoms with E-state index in [-0.39, 0.29) is 11.8 Å². The lowest BCUT2D eigenvalue weighted by Gasteiger charge is -2.36. The van der Waals surface area contributed by atoms with E-state index < -0.39 is 5.54 Å². The van der Waals surface area contributed by atoms with Crippen molar-refractivity contribution in [2.45, 2.75) is 44.1 Å². The van der Waals surface area contributed by atoms with E-state index >= 15 is 0 Å². The predicted octanol–water partition coefficient (Wildman–Crippen LogP) is 1.94. The largest absolute Gasteiger partial charge is 0.368 e. The maximum absolute atomic E-state index is 12.3. The quantitative estimate of drug-likeness (QED) is 0.896. The molecule has 2 rings (SSSR count). The highest BCUT2D eigenvalue weighted by atomic mass is 32.1. The van der Waals surface area contributed by atoms with Crippen molar-refractivity contribution in [3.05, 3.63) is 22.4 Å². The number of carbonyl (C=O) groups excluding carboxylic acids is 2. The number of hydrogen-bond donors (Lipinski definition) is 1. The first-order valence-corrected chi connectivity index (χ1v) is 7.53. The van der Waals surface area contributed by atoms with Crippen LogP contribution in [0.1, 0.15) is 37.0 Å². The summed E-state index contributed by atoms with van der Waals surface area (Å²) in [6.45, 7) is 0. The van der Waals surface area contributed by atoms with Gasteiger partial charge in [-0.2, -0.15) is 0 Å². The van der Waals surface area contributed by atoms with Gasteiger partial charge in [0.25, 0.3) is 0 Å². The monoisotopic (exact) mass is 280 g/mol. The van der Waals surface area contributed by atoms with Gasteiger partial charge in [0, 0.05) is 18.3 Å². The van der Waals surface area contributed by atoms with Crippen LogP contribution < -0.4 is 5.73 Å². The first-order chi connectivity index (χ1) is 9.06. The van der Waals surface area contributed by atoms with E-state index in [1.54, 1.807) is 23.3 Å². The second-order valence-electron chi connectivity index (χ2n) is 5.14. The van der Waals surface area contributed by atoms with Crippen LogP contribution in [-0.4, -0.2) is 29.3 Å². The van der Waals surface area contributed by atoms with Gasteiger partial charge < -0.3 is 10.6 Å². The van der Waals surface area contributed by atoms with Crippen LogP contribution in [0.25, 0.3) is 0 Å². The van der Waals surface area contributed by atoms with Gasteiger partial charge in [0.1, 0.15) is 5.54 Å². The van der Waals surface area contributed by atoms with Crippen LogP contribution in [0, 0.1) is 0 Å². The van der Waals surface area contributed by atoms with Gasteiger partial charge in [-0.1, -0.05) is 18.9 Å². The van der Waals surface area contributed by atoms with E-state index in [2.05, 4.69) is 0 Å². The molecule has 0 unspecified atom stereocenters. The summed E-state index contributed by atoms with van der Waals surface area (Å²) in [5.74, 6) is -0.355. The van der Waals surface area contributed by atoms with Crippen molar-refractivity contribution in [1.82, 2.24) is 4.90 Å². The van der Waals surface area contributed by atoms with Gasteiger partial charge in [-0.25, -0.2) is 0 Å². The Balaban J connectivity index is 1.99. The first-order valence-electron chi connectivity index (χ1n) is 6.65. The molecule has 0 aromatic carbocycles. The SMILES string of the molecule is CN(C(=O)CCc1cccs1)C1(C(N)=O)CCCC1. The van der Waals surface area contributed by atoms with Crippen LogP contribution in [-0.2, 0) is 16.0 Å². The van der Waals surface area contributed by atoms with Gasteiger partial charge in [-0.3, -0.25) is 9.59 Å². The van der Waals surface area contributed by atoms with Crippen molar-refractivity contribution < 1.29 is 9.59 Å². The zero-order valence-electron chi connectivity index (χ0n) is 11.2. The lowest BCUT2D eigenvalue weighted by molar-refractivity contribution is -0.144. The van der Waals surface area contributed by atoms with E-state index in [9.17, 15) is 9.59 Å². The molecule has 0 atom stereocenters. The fourth-order valence-electron chi connectivity index (χ4n) is 2.80. The third kappa shape index (κ3) is 2.81. The van der Waals surface area contributed by atoms with Crippen molar-refractivity contribution in [3.8, 4) is 0 Å². The molecule has 1 heterocycles. The van der Waals surface area contributed by atoms with Gasteiger partial charge in [0.05, 0.1) is 0 Å². The molecule has 1 aliphatic rings. The van der Waals surface area contributed by atoms with E-state index in [1.165, 1.54) is 4.88 Å². The number of aryl methyl sites for hydroxylation is 1. The molecule has 1 aliphatic carbocycles. The number of hydrogen-bond acceptors (Lipinski definition) is 3. The minimum Gasteiger partial charge on any atom is -0.368 e. The Hall–Kier alpha value is -1.36. The molecule has 19 heavy (non-hydrogen) atoms. The second kappa shape index (κ2) is 5.74. The summed E-state index contributed by atoms with van der Waals surface area (Å²) in [4.78, 5) is 26.8. The number of nitrogens with zero attached hydrogens (tertiary/aromatic N) is 1. The molecule has 1 saturated carbocycles. The van der Waals surface area contributed by atoms with Crippen molar-refractivity contribution in [2.24, 2.45) is 5.73 Å². The number of thiophene rings is 1. The molecule has 0 saturated heterocycles. The molecule has 0 spiro atoms. The highest BCUT2D eigenvalue weighted by Gasteiger charge is 2.44. The molecule has 0 bridgehead atoms. The Morgan fingerprint density at radius 3 is 2.63 bits per heavy atom. The average Bonchev–Trinajstić information content (AvgIpc) is 3.06. The van der Waals surface area contributed by atoms with Crippen LogP contribution >= 0.6 is 11.3 Å². The maximum atomic E-state index is 12.3. The van der Waals surface area contributed by atoms with Crippen LogP contribution in [0.4, 0.5) is 0 Å². The van der Waals surface area contributed by atoms with E-state index in [4.69, 9.17) is 5.73 Å². The van der Waals surface area contributed by atoms with Crippen molar-refractivity contribution in [3.63, 3.8) is 0 Å². The molecular weight excluding hydrogens is 260 g/mol. The first kappa shape index (κ1) is 14.1. The van der Waals surface area contributed by atoms with Crippen LogP contribution in [0.3, 0.4) is 0 Å². The number of rotatable bonds is 5. The Kier molecular flexibility index (Phi) is 4.24. The molecule has 0 aliphatic heterocycles. The van der Waals surface area contributed by atoms with Gasteiger partial charge >= 0.3 is 0 Å². The van der Waals surface area contributed by atoms with Gasteiger partial charge in [0.15, 0.2) is 0 Å². The van der Waals surface area contributed by atoms with Gasteiger partial charge in [-0.15, -0.1) is 11.3 Å². The Morgan fingerprint density at radius 2 is 2.11 bits per heavy atom. The smallest absolute Gasteiger partial charge is 0.243 e. The molecule has 5 heteroatoms. The minimum atomic E-state index is -0.744. The number of primary amides is 1. The predicted molar refractivity (Wildman–Crippen MR) is 75.8 cm³/mol. The van der Waals surface area contributed by atoms with E-state index in [1.807, 2.05) is 17.5 Å². The molecule has 4 nitrogen and oxygen atoms in total. The second-order valence-corrected chi connectivity index (χ2v) is 6.17. The number of carbonyl (C=O) groups is 2. The number of nitrogens with two attached hydrogens (primary N) is 1. The van der Waals surface area contributed by atoms with Crippen molar-refractivity contribution in [2.75, 3.05) is 7.05 Å². The lowest BCUT2D eigenvalue weighted by Crippen LogP contribution is -2.56. The Morgan fingerprint density at radius 1 is 1.42 bits per heavy atom. The fourth-order valence-corrected chi connectivity index (χ4v) is 3.51. The summed E-state index contributed by atoms with van der Waals surface area (Å²) in [7, 11) is 1.72. The minimum absolute atomic E-state index is 0.00843. The third-order valence-electron chi connectivity index (χ3n) is 4.07. The Bertz CT molecular complexity index is 450. The molecule has 1 aromatic heterocycles. The molecular formula is C14H20N2O2S. The zero-order chi connectivity index (χ0) is 13.9. The number of likely N-dealkylation sites (N-methyl/N-ethyl adjacent to an activating group) is 1. The Labute approximate surface area is 117 Å². The summed E-state index contributed by atoms with van der Waals surface area (Å²) in [5.41, 5.74) is 4.79. The summed E-state index contributed by atoms with van der Waals surface area (Å²) < 4.78 is 0. The maximum Gasteiger partial charge on any atom is 0.243 e. The summed E-state index contributed by atoms with van der Waals surface area (Å²) in [5, 5.41) is 2.01. The molecule has 2 N–H and O–H groups in total. The van der Waals surface area contributed by atoms with Gasteiger partial charge in [0.2, 0.25) is 11.8 Å². The third-order valence-corrected chi connectivity index (χ3v) is 5.01. The summed E-state index contributed by atoms with van der Waals surface area (Å²) >= 11 is 1.65.